The van der Waals surface area contributed by atoms with Crippen LogP contribution < -0.4 is 10.6 Å². The zero-order chi connectivity index (χ0) is 14.5. The highest BCUT2D eigenvalue weighted by molar-refractivity contribution is 5.75. The van der Waals surface area contributed by atoms with Crippen molar-refractivity contribution in [1.29, 1.82) is 0 Å². The monoisotopic (exact) mass is 266 g/mol. The second-order valence-corrected chi connectivity index (χ2v) is 5.80. The van der Waals surface area contributed by atoms with Crippen molar-refractivity contribution < 1.29 is 4.79 Å². The van der Waals surface area contributed by atoms with Gasteiger partial charge in [0.25, 0.3) is 0 Å². The molecule has 108 valence electrons. The van der Waals surface area contributed by atoms with Gasteiger partial charge < -0.3 is 15.2 Å². The van der Waals surface area contributed by atoms with E-state index in [-0.39, 0.29) is 11.4 Å². The number of carbonyl (C=O) groups is 1. The first-order valence-electron chi connectivity index (χ1n) is 6.83. The van der Waals surface area contributed by atoms with Gasteiger partial charge in [0.05, 0.1) is 17.6 Å². The summed E-state index contributed by atoms with van der Waals surface area (Å²) >= 11 is 0. The normalized spacial score (nSPS) is 11.9. The van der Waals surface area contributed by atoms with Crippen LogP contribution in [-0.2, 0) is 16.9 Å². The Hall–Kier alpha value is -1.36. The lowest BCUT2D eigenvalue weighted by Crippen LogP contribution is -2.36. The van der Waals surface area contributed by atoms with E-state index in [0.717, 1.165) is 12.2 Å². The van der Waals surface area contributed by atoms with Crippen LogP contribution in [0.2, 0.25) is 0 Å². The fourth-order valence-electron chi connectivity index (χ4n) is 1.78. The van der Waals surface area contributed by atoms with Crippen LogP contribution in [0.3, 0.4) is 0 Å². The average Bonchev–Trinajstić information content (AvgIpc) is 2.82. The number of hydrogen-bond acceptors (Lipinski definition) is 3. The molecule has 0 aliphatic carbocycles. The van der Waals surface area contributed by atoms with Crippen LogP contribution in [0.1, 0.15) is 39.8 Å². The van der Waals surface area contributed by atoms with Crippen molar-refractivity contribution in [3.8, 4) is 0 Å². The van der Waals surface area contributed by atoms with Crippen LogP contribution in [0.4, 0.5) is 0 Å². The molecule has 0 radical (unpaired) electrons. The highest BCUT2D eigenvalue weighted by Gasteiger charge is 2.22. The maximum Gasteiger partial charge on any atom is 0.221 e. The Balaban J connectivity index is 2.55. The topological polar surface area (TPSA) is 59.0 Å². The van der Waals surface area contributed by atoms with Gasteiger partial charge in [0, 0.05) is 25.7 Å². The van der Waals surface area contributed by atoms with Gasteiger partial charge in [-0.2, -0.15) is 0 Å². The van der Waals surface area contributed by atoms with E-state index in [4.69, 9.17) is 0 Å². The average molecular weight is 266 g/mol. The first-order valence-corrected chi connectivity index (χ1v) is 6.83. The summed E-state index contributed by atoms with van der Waals surface area (Å²) in [5, 5.41) is 6.18. The summed E-state index contributed by atoms with van der Waals surface area (Å²) in [6.07, 6.45) is 4.11. The van der Waals surface area contributed by atoms with Crippen LogP contribution in [-0.4, -0.2) is 29.1 Å². The lowest BCUT2D eigenvalue weighted by Gasteiger charge is -2.25. The fourth-order valence-corrected chi connectivity index (χ4v) is 1.78. The highest BCUT2D eigenvalue weighted by atomic mass is 16.1. The van der Waals surface area contributed by atoms with E-state index in [0.29, 0.717) is 18.9 Å². The van der Waals surface area contributed by atoms with Crippen LogP contribution in [0, 0.1) is 5.92 Å². The highest BCUT2D eigenvalue weighted by Crippen LogP contribution is 2.18. The molecular weight excluding hydrogens is 240 g/mol. The Morgan fingerprint density at radius 1 is 1.47 bits per heavy atom. The molecular formula is C14H26N4O. The predicted octanol–water partition coefficient (Wildman–Crippen LogP) is 1.50. The van der Waals surface area contributed by atoms with Gasteiger partial charge in [-0.15, -0.1) is 0 Å². The summed E-state index contributed by atoms with van der Waals surface area (Å²) < 4.78 is 2.03. The van der Waals surface area contributed by atoms with Crippen LogP contribution in [0.5, 0.6) is 0 Å². The smallest absolute Gasteiger partial charge is 0.221 e. The lowest BCUT2D eigenvalue weighted by molar-refractivity contribution is -0.121. The molecule has 0 unspecified atom stereocenters. The Kier molecular flexibility index (Phi) is 5.54. The summed E-state index contributed by atoms with van der Waals surface area (Å²) in [5.74, 6) is 0.576. The zero-order valence-electron chi connectivity index (χ0n) is 12.7. The van der Waals surface area contributed by atoms with Crippen LogP contribution in [0.25, 0.3) is 0 Å². The minimum absolute atomic E-state index is 0.0932. The van der Waals surface area contributed by atoms with Gasteiger partial charge in [0.2, 0.25) is 5.91 Å². The second kappa shape index (κ2) is 6.70. The molecule has 1 heterocycles. The molecule has 19 heavy (non-hydrogen) atoms. The summed E-state index contributed by atoms with van der Waals surface area (Å²) in [7, 11) is 1.92. The molecule has 0 fully saturated rings. The zero-order valence-corrected chi connectivity index (χ0v) is 12.7. The molecule has 0 saturated carbocycles. The van der Waals surface area contributed by atoms with Crippen molar-refractivity contribution in [3.05, 3.63) is 18.2 Å². The minimum Gasteiger partial charge on any atom is -0.356 e. The second-order valence-electron chi connectivity index (χ2n) is 5.80. The van der Waals surface area contributed by atoms with E-state index in [9.17, 15) is 4.79 Å². The predicted molar refractivity (Wildman–Crippen MR) is 76.8 cm³/mol. The van der Waals surface area contributed by atoms with E-state index in [1.165, 1.54) is 0 Å². The first-order chi connectivity index (χ1) is 8.86. The molecule has 0 spiro atoms. The number of nitrogens with zero attached hydrogens (tertiary/aromatic N) is 2. The van der Waals surface area contributed by atoms with Gasteiger partial charge in [-0.3, -0.25) is 4.79 Å². The van der Waals surface area contributed by atoms with Crippen LogP contribution in [0.15, 0.2) is 12.5 Å². The van der Waals surface area contributed by atoms with Crippen molar-refractivity contribution in [1.82, 2.24) is 20.2 Å². The number of rotatable bonds is 7. The quantitative estimate of drug-likeness (QED) is 0.786. The van der Waals surface area contributed by atoms with Gasteiger partial charge in [-0.1, -0.05) is 13.8 Å². The van der Waals surface area contributed by atoms with E-state index in [2.05, 4.69) is 43.3 Å². The molecule has 2 N–H and O–H groups in total. The molecule has 1 aromatic rings. The molecule has 5 nitrogen and oxygen atoms in total. The van der Waals surface area contributed by atoms with Gasteiger partial charge in [-0.05, 0) is 26.8 Å². The Morgan fingerprint density at radius 2 is 2.16 bits per heavy atom. The van der Waals surface area contributed by atoms with Crippen LogP contribution >= 0.6 is 0 Å². The Labute approximate surface area is 115 Å². The summed E-state index contributed by atoms with van der Waals surface area (Å²) in [4.78, 5) is 15.9. The molecule has 0 aromatic carbocycles. The Morgan fingerprint density at radius 3 is 2.74 bits per heavy atom. The number of imidazole rings is 1. The first kappa shape index (κ1) is 15.7. The lowest BCUT2D eigenvalue weighted by atomic mass is 10.0. The van der Waals surface area contributed by atoms with Crippen molar-refractivity contribution in [2.45, 2.75) is 46.2 Å². The number of hydrogen-bond donors (Lipinski definition) is 2. The maximum atomic E-state index is 11.7. The molecule has 0 aliphatic heterocycles. The molecule has 0 bridgehead atoms. The largest absolute Gasteiger partial charge is 0.356 e. The van der Waals surface area contributed by atoms with Crippen molar-refractivity contribution >= 4 is 5.91 Å². The van der Waals surface area contributed by atoms with Gasteiger partial charge in [-0.25, -0.2) is 4.98 Å². The summed E-state index contributed by atoms with van der Waals surface area (Å²) in [6.45, 7) is 9.76. The third-order valence-electron chi connectivity index (χ3n) is 3.26. The molecule has 1 rings (SSSR count). The number of aromatic nitrogens is 2. The molecule has 1 aromatic heterocycles. The summed E-state index contributed by atoms with van der Waals surface area (Å²) in [6, 6.07) is 0. The van der Waals surface area contributed by atoms with E-state index in [1.807, 2.05) is 17.8 Å². The van der Waals surface area contributed by atoms with Crippen molar-refractivity contribution in [2.24, 2.45) is 5.92 Å². The fraction of sp³-hybridized carbons (Fsp3) is 0.714. The molecule has 0 aliphatic rings. The molecule has 5 heteroatoms. The van der Waals surface area contributed by atoms with Gasteiger partial charge >= 0.3 is 0 Å². The number of carbonyl (C=O) groups excluding carboxylic acids is 1. The van der Waals surface area contributed by atoms with E-state index < -0.39 is 0 Å². The summed E-state index contributed by atoms with van der Waals surface area (Å²) in [5.41, 5.74) is 0.942. The number of amides is 1. The third-order valence-corrected chi connectivity index (χ3v) is 3.26. The van der Waals surface area contributed by atoms with Crippen molar-refractivity contribution in [2.75, 3.05) is 13.6 Å². The number of aryl methyl sites for hydroxylation is 1. The van der Waals surface area contributed by atoms with E-state index in [1.54, 1.807) is 6.33 Å². The maximum absolute atomic E-state index is 11.7. The van der Waals surface area contributed by atoms with Gasteiger partial charge in [0.1, 0.15) is 0 Å². The van der Waals surface area contributed by atoms with Gasteiger partial charge in [0.15, 0.2) is 0 Å². The minimum atomic E-state index is -0.148. The Bertz CT molecular complexity index is 409. The third kappa shape index (κ3) is 4.67. The standard InChI is InChI=1S/C14H26N4O/c1-11(2)8-17-13(19)6-7-18-10-16-9-12(18)14(3,4)15-5/h9-11,15H,6-8H2,1-5H3,(H,17,19). The molecule has 1 amide bonds. The van der Waals surface area contributed by atoms with E-state index >= 15 is 0 Å². The SMILES string of the molecule is CNC(C)(C)c1cncn1CCC(=O)NCC(C)C. The van der Waals surface area contributed by atoms with Crippen molar-refractivity contribution in [3.63, 3.8) is 0 Å². The molecule has 0 saturated heterocycles. The number of nitrogens with one attached hydrogen (secondary N) is 2. The molecule has 0 atom stereocenters.